The summed E-state index contributed by atoms with van der Waals surface area (Å²) >= 11 is 0. The van der Waals surface area contributed by atoms with Crippen LogP contribution in [0.4, 0.5) is 5.69 Å². The van der Waals surface area contributed by atoms with E-state index in [-0.39, 0.29) is 25.0 Å². The second-order valence-electron chi connectivity index (χ2n) is 6.98. The topological polar surface area (TPSA) is 76.7 Å². The fourth-order valence-corrected chi connectivity index (χ4v) is 2.88. The molecule has 0 heterocycles. The summed E-state index contributed by atoms with van der Waals surface area (Å²) in [6, 6.07) is 26.7. The molecule has 0 atom stereocenters. The van der Waals surface area contributed by atoms with Crippen molar-refractivity contribution < 1.29 is 19.1 Å². The van der Waals surface area contributed by atoms with E-state index in [4.69, 9.17) is 9.47 Å². The summed E-state index contributed by atoms with van der Waals surface area (Å²) in [5.41, 5.74) is 3.56. The third-order valence-electron chi connectivity index (χ3n) is 4.39. The normalized spacial score (nSPS) is 10.5. The first-order chi connectivity index (χ1) is 15.2. The van der Waals surface area contributed by atoms with Gasteiger partial charge in [-0.25, -0.2) is 0 Å². The molecular weight excluding hydrogens is 392 g/mol. The Balaban J connectivity index is 1.36. The molecule has 2 amide bonds. The van der Waals surface area contributed by atoms with Gasteiger partial charge in [-0.2, -0.15) is 0 Å². The van der Waals surface area contributed by atoms with Crippen LogP contribution < -0.4 is 10.6 Å². The van der Waals surface area contributed by atoms with E-state index in [9.17, 15) is 9.59 Å². The summed E-state index contributed by atoms with van der Waals surface area (Å²) in [6.07, 6.45) is 0. The van der Waals surface area contributed by atoms with Gasteiger partial charge in [-0.1, -0.05) is 72.8 Å². The predicted molar refractivity (Wildman–Crippen MR) is 119 cm³/mol. The largest absolute Gasteiger partial charge is 0.367 e. The molecule has 0 radical (unpaired) electrons. The van der Waals surface area contributed by atoms with Crippen LogP contribution in [0.1, 0.15) is 16.7 Å². The lowest BCUT2D eigenvalue weighted by Gasteiger charge is -2.10. The minimum atomic E-state index is -0.230. The third kappa shape index (κ3) is 8.42. The van der Waals surface area contributed by atoms with Crippen molar-refractivity contribution in [1.29, 1.82) is 0 Å². The van der Waals surface area contributed by atoms with Crippen molar-refractivity contribution in [2.75, 3.05) is 18.5 Å². The zero-order valence-electron chi connectivity index (χ0n) is 17.3. The van der Waals surface area contributed by atoms with E-state index in [2.05, 4.69) is 10.6 Å². The van der Waals surface area contributed by atoms with Gasteiger partial charge >= 0.3 is 0 Å². The lowest BCUT2D eigenvalue weighted by atomic mass is 10.2. The van der Waals surface area contributed by atoms with Crippen LogP contribution in [0.3, 0.4) is 0 Å². The number of carbonyl (C=O) groups is 2. The summed E-state index contributed by atoms with van der Waals surface area (Å²) in [6.45, 7) is 1.08. The van der Waals surface area contributed by atoms with E-state index in [1.54, 1.807) is 6.07 Å². The number of hydrogen-bond donors (Lipinski definition) is 2. The van der Waals surface area contributed by atoms with Crippen LogP contribution in [-0.4, -0.2) is 25.0 Å². The molecule has 6 heteroatoms. The smallest absolute Gasteiger partial charge is 0.250 e. The van der Waals surface area contributed by atoms with Gasteiger partial charge in [0, 0.05) is 12.2 Å². The molecule has 0 unspecified atom stereocenters. The van der Waals surface area contributed by atoms with Crippen LogP contribution in [0, 0.1) is 0 Å². The molecule has 3 aromatic carbocycles. The van der Waals surface area contributed by atoms with Gasteiger partial charge in [0.1, 0.15) is 13.2 Å². The first-order valence-electron chi connectivity index (χ1n) is 10.1. The number of anilines is 1. The number of ether oxygens (including phenoxy) is 2. The number of hydrogen-bond acceptors (Lipinski definition) is 4. The first kappa shape index (κ1) is 22.2. The summed E-state index contributed by atoms with van der Waals surface area (Å²) < 4.78 is 10.9. The molecule has 3 aromatic rings. The summed E-state index contributed by atoms with van der Waals surface area (Å²) in [4.78, 5) is 24.1. The summed E-state index contributed by atoms with van der Waals surface area (Å²) in [7, 11) is 0. The first-order valence-corrected chi connectivity index (χ1v) is 10.1. The second kappa shape index (κ2) is 12.3. The quantitative estimate of drug-likeness (QED) is 0.498. The van der Waals surface area contributed by atoms with Crippen molar-refractivity contribution in [2.45, 2.75) is 19.8 Å². The highest BCUT2D eigenvalue weighted by Crippen LogP contribution is 2.11. The van der Waals surface area contributed by atoms with Crippen molar-refractivity contribution in [3.63, 3.8) is 0 Å². The maximum Gasteiger partial charge on any atom is 0.250 e. The highest BCUT2D eigenvalue weighted by Gasteiger charge is 2.06. The predicted octanol–water partition coefficient (Wildman–Crippen LogP) is 3.67. The zero-order valence-corrected chi connectivity index (χ0v) is 17.3. The molecule has 160 valence electrons. The van der Waals surface area contributed by atoms with Crippen LogP contribution >= 0.6 is 0 Å². The monoisotopic (exact) mass is 418 g/mol. The minimum absolute atomic E-state index is 0.00985. The summed E-state index contributed by atoms with van der Waals surface area (Å²) in [5.74, 6) is -0.425. The van der Waals surface area contributed by atoms with Crippen molar-refractivity contribution in [3.8, 4) is 0 Å². The molecular formula is C25H26N2O4. The van der Waals surface area contributed by atoms with Gasteiger partial charge < -0.3 is 20.1 Å². The highest BCUT2D eigenvalue weighted by atomic mass is 16.5. The average Bonchev–Trinajstić information content (AvgIpc) is 2.79. The van der Waals surface area contributed by atoms with E-state index in [1.807, 2.05) is 78.9 Å². The maximum absolute atomic E-state index is 12.1. The Morgan fingerprint density at radius 1 is 0.645 bits per heavy atom. The van der Waals surface area contributed by atoms with Gasteiger partial charge in [-0.3, -0.25) is 9.59 Å². The number of carbonyl (C=O) groups excluding carboxylic acids is 2. The van der Waals surface area contributed by atoms with E-state index >= 15 is 0 Å². The van der Waals surface area contributed by atoms with Crippen molar-refractivity contribution in [3.05, 3.63) is 102 Å². The minimum Gasteiger partial charge on any atom is -0.367 e. The molecule has 0 fully saturated rings. The SMILES string of the molecule is O=C(COCc1ccccc1)NCc1cccc(NC(=O)COCc2ccccc2)c1. The van der Waals surface area contributed by atoms with Crippen molar-refractivity contribution in [2.24, 2.45) is 0 Å². The van der Waals surface area contributed by atoms with Crippen molar-refractivity contribution in [1.82, 2.24) is 5.32 Å². The molecule has 0 aliphatic rings. The van der Waals surface area contributed by atoms with Crippen LogP contribution in [-0.2, 0) is 38.8 Å². The third-order valence-corrected chi connectivity index (χ3v) is 4.39. The molecule has 0 spiro atoms. The van der Waals surface area contributed by atoms with Crippen LogP contribution in [0.2, 0.25) is 0 Å². The molecule has 0 aromatic heterocycles. The van der Waals surface area contributed by atoms with Gasteiger partial charge in [-0.05, 0) is 28.8 Å². The Morgan fingerprint density at radius 2 is 1.19 bits per heavy atom. The number of rotatable bonds is 11. The Bertz CT molecular complexity index is 962. The Kier molecular flexibility index (Phi) is 8.79. The number of benzene rings is 3. The molecule has 31 heavy (non-hydrogen) atoms. The second-order valence-corrected chi connectivity index (χ2v) is 6.98. The fraction of sp³-hybridized carbons (Fsp3) is 0.200. The molecule has 6 nitrogen and oxygen atoms in total. The van der Waals surface area contributed by atoms with Crippen LogP contribution in [0.15, 0.2) is 84.9 Å². The van der Waals surface area contributed by atoms with Gasteiger partial charge in [0.05, 0.1) is 13.2 Å². The Morgan fingerprint density at radius 3 is 1.81 bits per heavy atom. The van der Waals surface area contributed by atoms with E-state index in [0.29, 0.717) is 25.4 Å². The zero-order chi connectivity index (χ0) is 21.7. The summed E-state index contributed by atoms with van der Waals surface area (Å²) in [5, 5.41) is 5.62. The van der Waals surface area contributed by atoms with Gasteiger partial charge in [0.2, 0.25) is 11.8 Å². The van der Waals surface area contributed by atoms with Crippen molar-refractivity contribution >= 4 is 17.5 Å². The molecule has 0 bridgehead atoms. The standard InChI is InChI=1S/C25H26N2O4/c28-24(18-30-16-20-8-3-1-4-9-20)26-15-22-12-7-13-23(14-22)27-25(29)19-31-17-21-10-5-2-6-11-21/h1-14H,15-19H2,(H,26,28)(H,27,29). The molecule has 0 saturated heterocycles. The van der Waals surface area contributed by atoms with Gasteiger partial charge in [0.25, 0.3) is 0 Å². The molecule has 2 N–H and O–H groups in total. The van der Waals surface area contributed by atoms with E-state index < -0.39 is 0 Å². The Labute approximate surface area is 182 Å². The lowest BCUT2D eigenvalue weighted by molar-refractivity contribution is -0.126. The van der Waals surface area contributed by atoms with E-state index in [0.717, 1.165) is 16.7 Å². The average molecular weight is 418 g/mol. The van der Waals surface area contributed by atoms with Gasteiger partial charge in [0.15, 0.2) is 0 Å². The number of amides is 2. The molecule has 0 aliphatic heterocycles. The lowest BCUT2D eigenvalue weighted by Crippen LogP contribution is -2.27. The maximum atomic E-state index is 12.1. The number of nitrogens with one attached hydrogen (secondary N) is 2. The highest BCUT2D eigenvalue weighted by molar-refractivity contribution is 5.91. The van der Waals surface area contributed by atoms with Gasteiger partial charge in [-0.15, -0.1) is 0 Å². The molecule has 3 rings (SSSR count). The fourth-order valence-electron chi connectivity index (χ4n) is 2.88. The molecule has 0 saturated carbocycles. The Hall–Kier alpha value is -3.48. The molecule has 0 aliphatic carbocycles. The van der Waals surface area contributed by atoms with E-state index in [1.165, 1.54) is 0 Å². The van der Waals surface area contributed by atoms with Crippen LogP contribution in [0.25, 0.3) is 0 Å². The van der Waals surface area contributed by atoms with Crippen LogP contribution in [0.5, 0.6) is 0 Å².